The molecule has 1 amide bonds. The van der Waals surface area contributed by atoms with Crippen LogP contribution in [0.1, 0.15) is 37.8 Å². The van der Waals surface area contributed by atoms with Crippen molar-refractivity contribution in [2.45, 2.75) is 45.1 Å². The second-order valence-corrected chi connectivity index (χ2v) is 10.2. The molecule has 1 aromatic heterocycles. The number of rotatable bonds is 7. The Labute approximate surface area is 171 Å². The highest BCUT2D eigenvalue weighted by Crippen LogP contribution is 2.45. The Morgan fingerprint density at radius 3 is 2.48 bits per heavy atom. The summed E-state index contributed by atoms with van der Waals surface area (Å²) >= 11 is 0. The molecule has 0 saturated heterocycles. The predicted molar refractivity (Wildman–Crippen MR) is 109 cm³/mol. The molecule has 1 fully saturated rings. The summed E-state index contributed by atoms with van der Waals surface area (Å²) in [5, 5.41) is 2.86. The number of anilines is 1. The first-order chi connectivity index (χ1) is 13.5. The average molecular weight is 420 g/mol. The average Bonchev–Trinajstić information content (AvgIpc) is 3.50. The highest BCUT2D eigenvalue weighted by Gasteiger charge is 2.43. The van der Waals surface area contributed by atoms with Gasteiger partial charge in [0.1, 0.15) is 11.6 Å². The molecular weight excluding hydrogens is 393 g/mol. The number of halogens is 1. The topological polar surface area (TPSA) is 79.4 Å². The Bertz CT molecular complexity index is 1020. The molecule has 1 aromatic carbocycles. The van der Waals surface area contributed by atoms with Gasteiger partial charge in [-0.15, -0.1) is 0 Å². The fraction of sp³-hybridized carbons (Fsp3) is 0.429. The second kappa shape index (κ2) is 7.84. The van der Waals surface area contributed by atoms with Gasteiger partial charge in [0.25, 0.3) is 0 Å². The van der Waals surface area contributed by atoms with Crippen LogP contribution >= 0.6 is 0 Å². The van der Waals surface area contributed by atoms with Crippen LogP contribution in [-0.2, 0) is 21.4 Å². The molecule has 29 heavy (non-hydrogen) atoms. The monoisotopic (exact) mass is 419 g/mol. The number of carbonyl (C=O) groups excluding carboxylic acids is 1. The Hall–Kier alpha value is -2.32. The standard InChI is InChI=1S/C21H26FN3O3S/c1-14-12-23-19(24-20(26)21(2,3)16-5-6-16)11-15(14)13-25(4)29(27,28)18-9-7-17(22)8-10-18/h7-12,16H,5-6,13H2,1-4H3,(H,23,24,26). The summed E-state index contributed by atoms with van der Waals surface area (Å²) in [7, 11) is -2.31. The van der Waals surface area contributed by atoms with Crippen LogP contribution in [0.2, 0.25) is 0 Å². The van der Waals surface area contributed by atoms with Crippen LogP contribution in [0, 0.1) is 24.1 Å². The molecule has 1 N–H and O–H groups in total. The van der Waals surface area contributed by atoms with Gasteiger partial charge >= 0.3 is 0 Å². The number of carbonyl (C=O) groups is 1. The molecule has 0 unspecified atom stereocenters. The molecule has 1 heterocycles. The van der Waals surface area contributed by atoms with Gasteiger partial charge in [0.05, 0.1) is 4.90 Å². The molecule has 2 aromatic rings. The molecule has 0 radical (unpaired) electrons. The lowest BCUT2D eigenvalue weighted by molar-refractivity contribution is -0.124. The van der Waals surface area contributed by atoms with E-state index in [4.69, 9.17) is 0 Å². The number of hydrogen-bond acceptors (Lipinski definition) is 4. The summed E-state index contributed by atoms with van der Waals surface area (Å²) in [6, 6.07) is 6.42. The Morgan fingerprint density at radius 2 is 1.90 bits per heavy atom. The molecule has 3 rings (SSSR count). The van der Waals surface area contributed by atoms with Crippen LogP contribution < -0.4 is 5.32 Å². The number of sulfonamides is 1. The third-order valence-corrected chi connectivity index (χ3v) is 7.37. The third kappa shape index (κ3) is 4.64. The van der Waals surface area contributed by atoms with Gasteiger partial charge in [0.2, 0.25) is 15.9 Å². The Kier molecular flexibility index (Phi) is 5.78. The lowest BCUT2D eigenvalue weighted by Crippen LogP contribution is -2.33. The summed E-state index contributed by atoms with van der Waals surface area (Å²) in [6.07, 6.45) is 3.73. The molecule has 0 aliphatic heterocycles. The number of nitrogens with one attached hydrogen (secondary N) is 1. The fourth-order valence-electron chi connectivity index (χ4n) is 3.18. The molecule has 1 aliphatic carbocycles. The fourth-order valence-corrected chi connectivity index (χ4v) is 4.33. The SMILES string of the molecule is Cc1cnc(NC(=O)C(C)(C)C2CC2)cc1CN(C)S(=O)(=O)c1ccc(F)cc1. The van der Waals surface area contributed by atoms with Crippen molar-refractivity contribution in [2.24, 2.45) is 11.3 Å². The van der Waals surface area contributed by atoms with Crippen molar-refractivity contribution in [1.82, 2.24) is 9.29 Å². The number of hydrogen-bond donors (Lipinski definition) is 1. The maximum absolute atomic E-state index is 13.1. The first-order valence-corrected chi connectivity index (χ1v) is 10.9. The zero-order chi connectivity index (χ0) is 21.4. The van der Waals surface area contributed by atoms with Gasteiger partial charge in [-0.05, 0) is 67.1 Å². The summed E-state index contributed by atoms with van der Waals surface area (Å²) in [5.74, 6) is 0.206. The number of aromatic nitrogens is 1. The number of amides is 1. The van der Waals surface area contributed by atoms with E-state index in [-0.39, 0.29) is 17.3 Å². The van der Waals surface area contributed by atoms with Crippen LogP contribution in [0.4, 0.5) is 10.2 Å². The molecule has 1 saturated carbocycles. The van der Waals surface area contributed by atoms with E-state index in [1.807, 2.05) is 20.8 Å². The minimum Gasteiger partial charge on any atom is -0.310 e. The number of benzene rings is 1. The van der Waals surface area contributed by atoms with E-state index in [0.29, 0.717) is 11.7 Å². The van der Waals surface area contributed by atoms with Crippen LogP contribution in [0.15, 0.2) is 41.4 Å². The maximum atomic E-state index is 13.1. The highest BCUT2D eigenvalue weighted by atomic mass is 32.2. The lowest BCUT2D eigenvalue weighted by Gasteiger charge is -2.23. The number of aryl methyl sites for hydroxylation is 1. The molecule has 6 nitrogen and oxygen atoms in total. The molecule has 156 valence electrons. The minimum atomic E-state index is -3.77. The van der Waals surface area contributed by atoms with Gasteiger partial charge in [-0.3, -0.25) is 4.79 Å². The largest absolute Gasteiger partial charge is 0.310 e. The Morgan fingerprint density at radius 1 is 1.28 bits per heavy atom. The number of nitrogens with zero attached hydrogens (tertiary/aromatic N) is 2. The van der Waals surface area contributed by atoms with Crippen LogP contribution in [0.3, 0.4) is 0 Å². The van der Waals surface area contributed by atoms with Crippen molar-refractivity contribution in [3.05, 3.63) is 53.5 Å². The van der Waals surface area contributed by atoms with Gasteiger partial charge in [0.15, 0.2) is 0 Å². The second-order valence-electron chi connectivity index (χ2n) is 8.16. The number of pyridine rings is 1. The highest BCUT2D eigenvalue weighted by molar-refractivity contribution is 7.89. The zero-order valence-corrected chi connectivity index (χ0v) is 17.9. The lowest BCUT2D eigenvalue weighted by atomic mass is 9.86. The quantitative estimate of drug-likeness (QED) is 0.742. The van der Waals surface area contributed by atoms with Crippen molar-refractivity contribution < 1.29 is 17.6 Å². The summed E-state index contributed by atoms with van der Waals surface area (Å²) in [6.45, 7) is 5.79. The van der Waals surface area contributed by atoms with Crippen molar-refractivity contribution in [3.8, 4) is 0 Å². The van der Waals surface area contributed by atoms with Gasteiger partial charge in [-0.1, -0.05) is 13.8 Å². The normalized spacial score (nSPS) is 14.8. The van der Waals surface area contributed by atoms with Gasteiger partial charge < -0.3 is 5.32 Å². The van der Waals surface area contributed by atoms with E-state index in [1.54, 1.807) is 12.3 Å². The first kappa shape index (κ1) is 21.4. The van der Waals surface area contributed by atoms with Crippen molar-refractivity contribution in [2.75, 3.05) is 12.4 Å². The van der Waals surface area contributed by atoms with E-state index >= 15 is 0 Å². The molecular formula is C21H26FN3O3S. The summed E-state index contributed by atoms with van der Waals surface area (Å²) in [5.41, 5.74) is 1.08. The van der Waals surface area contributed by atoms with Crippen LogP contribution in [-0.4, -0.2) is 30.7 Å². The summed E-state index contributed by atoms with van der Waals surface area (Å²) < 4.78 is 39.8. The smallest absolute Gasteiger partial charge is 0.243 e. The molecule has 8 heteroatoms. The maximum Gasteiger partial charge on any atom is 0.243 e. The van der Waals surface area contributed by atoms with Gasteiger partial charge in [-0.25, -0.2) is 17.8 Å². The van der Waals surface area contributed by atoms with E-state index < -0.39 is 21.3 Å². The van der Waals surface area contributed by atoms with E-state index in [1.165, 1.54) is 23.5 Å². The van der Waals surface area contributed by atoms with Crippen molar-refractivity contribution in [1.29, 1.82) is 0 Å². The molecule has 0 spiro atoms. The minimum absolute atomic E-state index is 0.0211. The van der Waals surface area contributed by atoms with Gasteiger partial charge in [-0.2, -0.15) is 4.31 Å². The third-order valence-electron chi connectivity index (χ3n) is 5.55. The van der Waals surface area contributed by atoms with Crippen molar-refractivity contribution >= 4 is 21.7 Å². The zero-order valence-electron chi connectivity index (χ0n) is 17.1. The van der Waals surface area contributed by atoms with E-state index in [0.717, 1.165) is 36.1 Å². The predicted octanol–water partition coefficient (Wildman–Crippen LogP) is 3.72. The Balaban J connectivity index is 1.77. The van der Waals surface area contributed by atoms with Crippen molar-refractivity contribution in [3.63, 3.8) is 0 Å². The van der Waals surface area contributed by atoms with Gasteiger partial charge in [0, 0.05) is 25.2 Å². The molecule has 0 atom stereocenters. The van der Waals surface area contributed by atoms with Crippen LogP contribution in [0.5, 0.6) is 0 Å². The molecule has 0 bridgehead atoms. The van der Waals surface area contributed by atoms with E-state index in [2.05, 4.69) is 10.3 Å². The van der Waals surface area contributed by atoms with E-state index in [9.17, 15) is 17.6 Å². The molecule has 1 aliphatic rings. The first-order valence-electron chi connectivity index (χ1n) is 9.50. The summed E-state index contributed by atoms with van der Waals surface area (Å²) in [4.78, 5) is 16.9. The van der Waals surface area contributed by atoms with Crippen LogP contribution in [0.25, 0.3) is 0 Å².